The predicted molar refractivity (Wildman–Crippen MR) is 69.3 cm³/mol. The average Bonchev–Trinajstić information content (AvgIpc) is 3.09. The second kappa shape index (κ2) is 3.19. The van der Waals surface area contributed by atoms with Gasteiger partial charge in [-0.05, 0) is 30.9 Å². The number of Topliss-reactive ketones (excluding diaryl/α,β-unsaturated/α-hetero) is 1. The summed E-state index contributed by atoms with van der Waals surface area (Å²) in [5.41, 5.74) is -1.74. The van der Waals surface area contributed by atoms with Crippen molar-refractivity contribution >= 4 is 5.78 Å². The van der Waals surface area contributed by atoms with Gasteiger partial charge in [0.1, 0.15) is 5.60 Å². The fraction of sp³-hybridized carbons (Fsp3) is 0.667. The maximum Gasteiger partial charge on any atom is 0.193 e. The largest absolute Gasteiger partial charge is 0.388 e. The van der Waals surface area contributed by atoms with E-state index >= 15 is 0 Å². The van der Waals surface area contributed by atoms with E-state index in [0.717, 1.165) is 0 Å². The Morgan fingerprint density at radius 2 is 1.58 bits per heavy atom. The van der Waals surface area contributed by atoms with E-state index in [4.69, 9.17) is 0 Å². The third kappa shape index (κ3) is 1.18. The molecule has 4 heteroatoms. The summed E-state index contributed by atoms with van der Waals surface area (Å²) in [5, 5.41) is 31.4. The Labute approximate surface area is 112 Å². The van der Waals surface area contributed by atoms with E-state index < -0.39 is 34.4 Å². The maximum absolute atomic E-state index is 12.6. The summed E-state index contributed by atoms with van der Waals surface area (Å²) in [6, 6.07) is 0. The van der Waals surface area contributed by atoms with Crippen molar-refractivity contribution < 1.29 is 20.1 Å². The fourth-order valence-corrected chi connectivity index (χ4v) is 3.71. The van der Waals surface area contributed by atoms with Crippen LogP contribution in [0.4, 0.5) is 0 Å². The molecule has 19 heavy (non-hydrogen) atoms. The van der Waals surface area contributed by atoms with Crippen LogP contribution >= 0.6 is 0 Å². The molecule has 4 nitrogen and oxygen atoms in total. The summed E-state index contributed by atoms with van der Waals surface area (Å²) in [6.07, 6.45) is -0.582. The van der Waals surface area contributed by atoms with E-state index in [2.05, 4.69) is 6.58 Å². The third-order valence-corrected chi connectivity index (χ3v) is 5.52. The summed E-state index contributed by atoms with van der Waals surface area (Å²) >= 11 is 0. The number of ketones is 1. The molecule has 0 bridgehead atoms. The molecule has 3 aliphatic rings. The molecule has 3 N–H and O–H groups in total. The SMILES string of the molecule is C=C1C2=C(C(=O)[C@](C)(O)C13CC3)[C@H](O)C(C)(C)[C@@H]2O. The van der Waals surface area contributed by atoms with Crippen LogP contribution in [0, 0.1) is 10.8 Å². The maximum atomic E-state index is 12.6. The first-order valence-corrected chi connectivity index (χ1v) is 6.66. The summed E-state index contributed by atoms with van der Waals surface area (Å²) in [4.78, 5) is 12.6. The van der Waals surface area contributed by atoms with Gasteiger partial charge in [0.25, 0.3) is 0 Å². The molecule has 0 radical (unpaired) electrons. The molecule has 104 valence electrons. The molecule has 0 aromatic heterocycles. The monoisotopic (exact) mass is 264 g/mol. The van der Waals surface area contributed by atoms with Crippen molar-refractivity contribution in [3.63, 3.8) is 0 Å². The smallest absolute Gasteiger partial charge is 0.193 e. The molecule has 0 aromatic rings. The molecule has 3 aliphatic carbocycles. The van der Waals surface area contributed by atoms with Crippen LogP contribution in [-0.4, -0.2) is 38.9 Å². The van der Waals surface area contributed by atoms with E-state index in [1.165, 1.54) is 6.92 Å². The highest BCUT2D eigenvalue weighted by molar-refractivity contribution is 6.07. The highest BCUT2D eigenvalue weighted by Gasteiger charge is 2.69. The van der Waals surface area contributed by atoms with E-state index in [-0.39, 0.29) is 5.57 Å². The molecule has 1 saturated carbocycles. The van der Waals surface area contributed by atoms with Gasteiger partial charge in [0, 0.05) is 16.4 Å². The lowest BCUT2D eigenvalue weighted by atomic mass is 9.67. The Balaban J connectivity index is 2.23. The molecule has 1 fully saturated rings. The second-order valence-electron chi connectivity index (χ2n) is 6.92. The van der Waals surface area contributed by atoms with Gasteiger partial charge in [-0.1, -0.05) is 20.4 Å². The molecule has 0 heterocycles. The number of hydrogen-bond donors (Lipinski definition) is 3. The van der Waals surface area contributed by atoms with Crippen molar-refractivity contribution in [2.75, 3.05) is 0 Å². The van der Waals surface area contributed by atoms with Crippen LogP contribution in [0.3, 0.4) is 0 Å². The van der Waals surface area contributed by atoms with Gasteiger partial charge in [0.05, 0.1) is 12.2 Å². The standard InChI is InChI=1S/C15H20O4/c1-7-8-9(11(17)13(2,3)10(8)16)12(18)14(4,19)15(7)5-6-15/h10-11,16-17,19H,1,5-6H2,2-4H3/t10-,11+,14+/m1/s1. The Bertz CT molecular complexity index is 500. The van der Waals surface area contributed by atoms with E-state index in [0.29, 0.717) is 24.0 Å². The van der Waals surface area contributed by atoms with Gasteiger partial charge in [0.15, 0.2) is 5.78 Å². The molecular weight excluding hydrogens is 244 g/mol. The Morgan fingerprint density at radius 1 is 1.11 bits per heavy atom. The lowest BCUT2D eigenvalue weighted by molar-refractivity contribution is -0.139. The molecule has 3 rings (SSSR count). The molecule has 0 aromatic carbocycles. The molecule has 3 atom stereocenters. The Hall–Kier alpha value is -0.970. The van der Waals surface area contributed by atoms with Gasteiger partial charge in [-0.2, -0.15) is 0 Å². The van der Waals surface area contributed by atoms with Crippen molar-refractivity contribution in [2.45, 2.75) is 51.4 Å². The van der Waals surface area contributed by atoms with Gasteiger partial charge < -0.3 is 15.3 Å². The highest BCUT2D eigenvalue weighted by atomic mass is 16.3. The van der Waals surface area contributed by atoms with Crippen LogP contribution in [0.25, 0.3) is 0 Å². The second-order valence-corrected chi connectivity index (χ2v) is 6.92. The fourth-order valence-electron chi connectivity index (χ4n) is 3.71. The minimum absolute atomic E-state index is 0.157. The van der Waals surface area contributed by atoms with E-state index in [1.807, 2.05) is 0 Å². The van der Waals surface area contributed by atoms with Crippen molar-refractivity contribution in [1.29, 1.82) is 0 Å². The molecule has 0 amide bonds. The molecular formula is C15H20O4. The van der Waals surface area contributed by atoms with E-state index in [9.17, 15) is 20.1 Å². The molecule has 0 unspecified atom stereocenters. The lowest BCUT2D eigenvalue weighted by Gasteiger charge is -2.39. The van der Waals surface area contributed by atoms with Crippen LogP contribution < -0.4 is 0 Å². The number of rotatable bonds is 0. The van der Waals surface area contributed by atoms with Crippen molar-refractivity contribution in [1.82, 2.24) is 0 Å². The zero-order chi connectivity index (χ0) is 14.4. The van der Waals surface area contributed by atoms with Crippen LogP contribution in [0.1, 0.15) is 33.6 Å². The van der Waals surface area contributed by atoms with Crippen LogP contribution in [0.2, 0.25) is 0 Å². The lowest BCUT2D eigenvalue weighted by Crippen LogP contribution is -2.50. The zero-order valence-electron chi connectivity index (χ0n) is 11.5. The third-order valence-electron chi connectivity index (χ3n) is 5.52. The minimum atomic E-state index is -1.52. The Morgan fingerprint density at radius 3 is 2.05 bits per heavy atom. The highest BCUT2D eigenvalue weighted by Crippen LogP contribution is 2.66. The van der Waals surface area contributed by atoms with Crippen LogP contribution in [0.15, 0.2) is 23.3 Å². The average molecular weight is 264 g/mol. The normalized spacial score (nSPS) is 42.8. The first-order chi connectivity index (χ1) is 8.59. The minimum Gasteiger partial charge on any atom is -0.388 e. The van der Waals surface area contributed by atoms with Crippen molar-refractivity contribution in [3.8, 4) is 0 Å². The van der Waals surface area contributed by atoms with Crippen LogP contribution in [0.5, 0.6) is 0 Å². The van der Waals surface area contributed by atoms with Gasteiger partial charge in [0.2, 0.25) is 0 Å². The van der Waals surface area contributed by atoms with Gasteiger partial charge in [-0.15, -0.1) is 0 Å². The van der Waals surface area contributed by atoms with Crippen molar-refractivity contribution in [2.24, 2.45) is 10.8 Å². The first kappa shape index (κ1) is 13.0. The number of carbonyl (C=O) groups excluding carboxylic acids is 1. The molecule has 0 saturated heterocycles. The Kier molecular flexibility index (Phi) is 2.19. The first-order valence-electron chi connectivity index (χ1n) is 6.66. The van der Waals surface area contributed by atoms with Crippen molar-refractivity contribution in [3.05, 3.63) is 23.3 Å². The van der Waals surface area contributed by atoms with Crippen LogP contribution in [-0.2, 0) is 4.79 Å². The molecule has 1 spiro atoms. The summed E-state index contributed by atoms with van der Waals surface area (Å²) in [6.45, 7) is 8.95. The summed E-state index contributed by atoms with van der Waals surface area (Å²) < 4.78 is 0. The van der Waals surface area contributed by atoms with E-state index in [1.54, 1.807) is 13.8 Å². The summed E-state index contributed by atoms with van der Waals surface area (Å²) in [5.74, 6) is -0.454. The van der Waals surface area contributed by atoms with Gasteiger partial charge >= 0.3 is 0 Å². The summed E-state index contributed by atoms with van der Waals surface area (Å²) in [7, 11) is 0. The zero-order valence-corrected chi connectivity index (χ0v) is 11.5. The predicted octanol–water partition coefficient (Wildman–Crippen LogP) is 0.715. The van der Waals surface area contributed by atoms with Gasteiger partial charge in [-0.3, -0.25) is 4.79 Å². The van der Waals surface area contributed by atoms with Gasteiger partial charge in [-0.25, -0.2) is 0 Å². The quantitative estimate of drug-likeness (QED) is 0.602. The molecule has 0 aliphatic heterocycles. The number of carbonyl (C=O) groups is 1. The number of aliphatic hydroxyl groups is 3. The topological polar surface area (TPSA) is 77.8 Å². The number of hydrogen-bond acceptors (Lipinski definition) is 4. The number of aliphatic hydroxyl groups excluding tert-OH is 2.